The Bertz CT molecular complexity index is 1930. The van der Waals surface area contributed by atoms with Crippen molar-refractivity contribution in [2.75, 3.05) is 12.3 Å². The van der Waals surface area contributed by atoms with Gasteiger partial charge in [0.2, 0.25) is 0 Å². The lowest BCUT2D eigenvalue weighted by Crippen LogP contribution is -2.66. The first-order valence-electron chi connectivity index (χ1n) is 24.4. The second kappa shape index (κ2) is 16.5. The molecule has 2 heterocycles. The maximum absolute atomic E-state index is 14.7. The minimum Gasteiger partial charge on any atom is -0.393 e. The molecule has 8 N–H and O–H groups in total. The highest BCUT2D eigenvalue weighted by atomic mass is 33.1. The number of aliphatic hydroxyl groups is 4. The lowest BCUT2D eigenvalue weighted by Gasteiger charge is -2.64. The molecular formula is C50H77N5O5S2. The number of guanidine groups is 1. The summed E-state index contributed by atoms with van der Waals surface area (Å²) in [5, 5.41) is 49.8. The van der Waals surface area contributed by atoms with Crippen molar-refractivity contribution >= 4 is 33.3 Å². The molecule has 0 amide bonds. The maximum Gasteiger partial charge on any atom is 0.185 e. The molecule has 7 aliphatic carbocycles. The van der Waals surface area contributed by atoms with Crippen LogP contribution in [0.1, 0.15) is 156 Å². The van der Waals surface area contributed by atoms with Crippen LogP contribution in [0.15, 0.2) is 46.5 Å². The number of aliphatic imine (C=N–C) groups is 1. The van der Waals surface area contributed by atoms with Crippen molar-refractivity contribution in [3.8, 4) is 0 Å². The SMILES string of the molecule is CC1C(O)CC(=C2CCCC3(CCCC3)C2)C(C)(C)CC(n2ccnc2)CSSC2(CCCC2)C2CC1C1(C)CC(CN=C(N)N)C3C(=CC(=O)C4CC(O)C(O)CC43C)C21O. The number of ketones is 1. The van der Waals surface area contributed by atoms with Crippen molar-refractivity contribution in [2.45, 2.75) is 185 Å². The van der Waals surface area contributed by atoms with E-state index in [-0.39, 0.29) is 70.4 Å². The number of aliphatic hydroxyl groups excluding tert-OH is 3. The van der Waals surface area contributed by atoms with Gasteiger partial charge in [0.1, 0.15) is 0 Å². The van der Waals surface area contributed by atoms with Crippen LogP contribution in [-0.4, -0.2) is 82.7 Å². The fourth-order valence-corrected chi connectivity index (χ4v) is 20.3. The fraction of sp³-hybridized carbons (Fsp3) is 0.820. The third kappa shape index (κ3) is 7.32. The highest BCUT2D eigenvalue weighted by Crippen LogP contribution is 2.75. The maximum atomic E-state index is 14.7. The summed E-state index contributed by atoms with van der Waals surface area (Å²) in [6, 6.07) is 0.198. The lowest BCUT2D eigenvalue weighted by molar-refractivity contribution is -0.171. The number of rotatable bonds is 3. The van der Waals surface area contributed by atoms with E-state index in [9.17, 15) is 25.2 Å². The first-order valence-corrected chi connectivity index (χ1v) is 26.8. The van der Waals surface area contributed by atoms with Crippen LogP contribution in [-0.2, 0) is 4.79 Å². The molecule has 12 heteroatoms. The fourth-order valence-electron chi connectivity index (χ4n) is 16.5. The van der Waals surface area contributed by atoms with Crippen LogP contribution in [0.4, 0.5) is 0 Å². The zero-order valence-electron chi connectivity index (χ0n) is 38.2. The largest absolute Gasteiger partial charge is 0.393 e. The number of aromatic nitrogens is 2. The quantitative estimate of drug-likeness (QED) is 0.0748. The van der Waals surface area contributed by atoms with E-state index in [1.54, 1.807) is 11.6 Å². The zero-order chi connectivity index (χ0) is 44.0. The predicted molar refractivity (Wildman–Crippen MR) is 250 cm³/mol. The number of imidazole rings is 1. The molecular weight excluding hydrogens is 815 g/mol. The van der Waals surface area contributed by atoms with Gasteiger partial charge in [-0.05, 0) is 141 Å². The summed E-state index contributed by atoms with van der Waals surface area (Å²) in [7, 11) is 3.97. The molecule has 9 rings (SSSR count). The number of carbonyl (C=O) groups is 1. The smallest absolute Gasteiger partial charge is 0.185 e. The van der Waals surface area contributed by atoms with Crippen LogP contribution in [0.5, 0.6) is 0 Å². The van der Waals surface area contributed by atoms with Gasteiger partial charge in [-0.1, -0.05) is 93.0 Å². The Morgan fingerprint density at radius 2 is 1.65 bits per heavy atom. The molecule has 13 atom stereocenters. The van der Waals surface area contributed by atoms with Gasteiger partial charge in [0.05, 0.1) is 30.2 Å². The molecule has 1 aromatic rings. The van der Waals surface area contributed by atoms with E-state index in [1.165, 1.54) is 44.1 Å². The Labute approximate surface area is 378 Å². The number of hydrogen-bond donors (Lipinski definition) is 6. The van der Waals surface area contributed by atoms with Gasteiger partial charge in [-0.25, -0.2) is 4.98 Å². The lowest BCUT2D eigenvalue weighted by atomic mass is 9.42. The number of allylic oxidation sites excluding steroid dienone is 2. The molecule has 10 nitrogen and oxygen atoms in total. The summed E-state index contributed by atoms with van der Waals surface area (Å²) in [5.41, 5.74) is 13.5. The number of fused-ring (bicyclic) bond motifs is 10. The second-order valence-corrected chi connectivity index (χ2v) is 26.0. The molecule has 62 heavy (non-hydrogen) atoms. The molecule has 0 aromatic carbocycles. The Morgan fingerprint density at radius 1 is 0.935 bits per heavy atom. The van der Waals surface area contributed by atoms with Crippen molar-refractivity contribution in [1.82, 2.24) is 9.55 Å². The molecule has 1 aromatic heterocycles. The Morgan fingerprint density at radius 3 is 2.34 bits per heavy atom. The summed E-state index contributed by atoms with van der Waals surface area (Å²) in [5.74, 6) is -0.350. The van der Waals surface area contributed by atoms with Gasteiger partial charge < -0.3 is 36.5 Å². The number of carbonyl (C=O) groups excluding carboxylic acids is 1. The van der Waals surface area contributed by atoms with Crippen LogP contribution in [0.25, 0.3) is 0 Å². The van der Waals surface area contributed by atoms with E-state index in [4.69, 9.17) is 11.5 Å². The molecule has 1 saturated heterocycles. The normalized spacial score (nSPS) is 45.2. The van der Waals surface area contributed by atoms with Gasteiger partial charge in [0.15, 0.2) is 11.7 Å². The van der Waals surface area contributed by atoms with Gasteiger partial charge in [-0.3, -0.25) is 9.79 Å². The number of hydrogen-bond acceptors (Lipinski definition) is 9. The average molecular weight is 892 g/mol. The van der Waals surface area contributed by atoms with Crippen LogP contribution >= 0.6 is 21.6 Å². The van der Waals surface area contributed by atoms with E-state index in [0.717, 1.165) is 62.7 Å². The van der Waals surface area contributed by atoms with Gasteiger partial charge in [-0.15, -0.1) is 0 Å². The predicted octanol–water partition coefficient (Wildman–Crippen LogP) is 8.30. The van der Waals surface area contributed by atoms with Crippen LogP contribution in [0.2, 0.25) is 0 Å². The van der Waals surface area contributed by atoms with E-state index >= 15 is 0 Å². The van der Waals surface area contributed by atoms with Crippen LogP contribution < -0.4 is 11.5 Å². The summed E-state index contributed by atoms with van der Waals surface area (Å²) < 4.78 is 2.07. The average Bonchev–Trinajstić information content (AvgIpc) is 4.05. The van der Waals surface area contributed by atoms with Crippen molar-refractivity contribution < 1.29 is 25.2 Å². The molecule has 2 bridgehead atoms. The highest BCUT2D eigenvalue weighted by Gasteiger charge is 2.75. The number of nitrogens with two attached hydrogens (primary N) is 2. The third-order valence-electron chi connectivity index (χ3n) is 19.4. The summed E-state index contributed by atoms with van der Waals surface area (Å²) in [4.78, 5) is 23.9. The molecule has 7 fully saturated rings. The topological polar surface area (TPSA) is 180 Å². The molecule has 0 radical (unpaired) electrons. The van der Waals surface area contributed by atoms with E-state index in [1.807, 2.05) is 34.1 Å². The highest BCUT2D eigenvalue weighted by molar-refractivity contribution is 8.77. The first-order chi connectivity index (χ1) is 29.4. The van der Waals surface area contributed by atoms with E-state index in [0.29, 0.717) is 24.8 Å². The second-order valence-electron chi connectivity index (χ2n) is 23.3. The Kier molecular flexibility index (Phi) is 12.1. The monoisotopic (exact) mass is 892 g/mol. The van der Waals surface area contributed by atoms with E-state index < -0.39 is 40.7 Å². The Balaban J connectivity index is 1.20. The van der Waals surface area contributed by atoms with Gasteiger partial charge in [0, 0.05) is 52.7 Å². The minimum absolute atomic E-state index is 0.0157. The van der Waals surface area contributed by atoms with Gasteiger partial charge >= 0.3 is 0 Å². The summed E-state index contributed by atoms with van der Waals surface area (Å²) >= 11 is 0. The summed E-state index contributed by atoms with van der Waals surface area (Å²) in [6.45, 7) is 11.9. The molecule has 1 aliphatic heterocycles. The van der Waals surface area contributed by atoms with Crippen molar-refractivity contribution in [3.05, 3.63) is 41.5 Å². The van der Waals surface area contributed by atoms with Gasteiger partial charge in [-0.2, -0.15) is 0 Å². The summed E-state index contributed by atoms with van der Waals surface area (Å²) in [6.07, 6.45) is 22.9. The van der Waals surface area contributed by atoms with Crippen molar-refractivity contribution in [1.29, 1.82) is 0 Å². The van der Waals surface area contributed by atoms with Gasteiger partial charge in [0.25, 0.3) is 0 Å². The number of nitrogens with zero attached hydrogens (tertiary/aromatic N) is 3. The standard InChI is InChI=1S/C50H77N5O5S2/c1-30-34-22-42(50(60)37-21-39(57)36-20-40(58)41(59)26-46(36,4)43(37)32(23-47(34,50)5)27-54-44(51)52)49(15-8-9-16-49)62-61-28-33(55-18-17-53-29-55)25-45(2,3)35(19-38(30)56)31-11-10-14-48(24-31)12-6-7-13-48/h17-18,21,29-30,32-34,36,38,40-43,56,58-60H,6-16,19-20,22-28H2,1-5H3,(H4,51,52,54). The van der Waals surface area contributed by atoms with Crippen LogP contribution in [0, 0.1) is 57.2 Å². The van der Waals surface area contributed by atoms with E-state index in [2.05, 4.69) is 55.4 Å². The first kappa shape index (κ1) is 45.3. The molecule has 6 saturated carbocycles. The van der Waals surface area contributed by atoms with Crippen molar-refractivity contribution in [3.63, 3.8) is 0 Å². The Hall–Kier alpha value is -1.83. The molecule has 13 unspecified atom stereocenters. The minimum atomic E-state index is -1.35. The van der Waals surface area contributed by atoms with Crippen molar-refractivity contribution in [2.24, 2.45) is 73.6 Å². The molecule has 8 aliphatic rings. The van der Waals surface area contributed by atoms with Crippen LogP contribution in [0.3, 0.4) is 0 Å². The third-order valence-corrected chi connectivity index (χ3v) is 22.9. The molecule has 344 valence electrons. The zero-order valence-corrected chi connectivity index (χ0v) is 39.9. The molecule has 2 spiro atoms.